The molecule has 0 spiro atoms. The number of benzene rings is 2. The molecular formula is C24H23FN2O4. The summed E-state index contributed by atoms with van der Waals surface area (Å²) >= 11 is 0. The lowest BCUT2D eigenvalue weighted by Gasteiger charge is -2.18. The summed E-state index contributed by atoms with van der Waals surface area (Å²) in [7, 11) is 1.47. The van der Waals surface area contributed by atoms with Gasteiger partial charge in [0.05, 0.1) is 19.6 Å². The number of ether oxygens (including phenoxy) is 1. The standard InChI is InChI=1S/C24H23FN2O4/c1-14-7-9-16(10-8-14)20(13-22(28)29)27-24(30)19-11-12-21(31-3)23(26-19)17-5-4-6-18(25)15(17)2/h4-12,20H,13H2,1-3H3,(H,27,30)(H,28,29)/t20-/m0/s1. The number of carboxylic acids is 1. The lowest BCUT2D eigenvalue weighted by molar-refractivity contribution is -0.137. The van der Waals surface area contributed by atoms with Gasteiger partial charge in [0.15, 0.2) is 0 Å². The van der Waals surface area contributed by atoms with Gasteiger partial charge in [-0.3, -0.25) is 9.59 Å². The summed E-state index contributed by atoms with van der Waals surface area (Å²) in [5, 5.41) is 12.0. The predicted molar refractivity (Wildman–Crippen MR) is 115 cm³/mol. The number of carbonyl (C=O) groups excluding carboxylic acids is 1. The first-order chi connectivity index (χ1) is 14.8. The van der Waals surface area contributed by atoms with Gasteiger partial charge >= 0.3 is 5.97 Å². The SMILES string of the molecule is COc1ccc(C(=O)N[C@@H](CC(=O)O)c2ccc(C)cc2)nc1-c1cccc(F)c1C. The highest BCUT2D eigenvalue weighted by molar-refractivity contribution is 5.94. The predicted octanol–water partition coefficient (Wildman–Crippen LogP) is 4.46. The molecule has 7 heteroatoms. The van der Waals surface area contributed by atoms with Crippen LogP contribution in [0.3, 0.4) is 0 Å². The minimum Gasteiger partial charge on any atom is -0.494 e. The van der Waals surface area contributed by atoms with Gasteiger partial charge < -0.3 is 15.2 Å². The summed E-state index contributed by atoms with van der Waals surface area (Å²) in [6.07, 6.45) is -0.277. The van der Waals surface area contributed by atoms with Crippen LogP contribution < -0.4 is 10.1 Å². The Balaban J connectivity index is 1.95. The molecule has 0 fully saturated rings. The number of halogens is 1. The first kappa shape index (κ1) is 22.0. The van der Waals surface area contributed by atoms with E-state index in [0.717, 1.165) is 5.56 Å². The molecule has 0 aliphatic rings. The fourth-order valence-electron chi connectivity index (χ4n) is 3.25. The number of carboxylic acid groups (broad SMARTS) is 1. The Morgan fingerprint density at radius 3 is 2.45 bits per heavy atom. The van der Waals surface area contributed by atoms with Crippen molar-refractivity contribution in [1.82, 2.24) is 10.3 Å². The minimum absolute atomic E-state index is 0.0713. The average molecular weight is 422 g/mol. The molecule has 0 bridgehead atoms. The van der Waals surface area contributed by atoms with E-state index in [4.69, 9.17) is 4.74 Å². The second kappa shape index (κ2) is 9.38. The van der Waals surface area contributed by atoms with Crippen LogP contribution in [0.15, 0.2) is 54.6 Å². The number of carbonyl (C=O) groups is 2. The van der Waals surface area contributed by atoms with Crippen LogP contribution in [0.5, 0.6) is 5.75 Å². The van der Waals surface area contributed by atoms with Crippen LogP contribution >= 0.6 is 0 Å². The normalized spacial score (nSPS) is 11.6. The molecule has 3 aromatic rings. The molecule has 0 aliphatic carbocycles. The van der Waals surface area contributed by atoms with Crippen molar-refractivity contribution >= 4 is 11.9 Å². The fourth-order valence-corrected chi connectivity index (χ4v) is 3.25. The minimum atomic E-state index is -1.04. The molecule has 0 unspecified atom stereocenters. The summed E-state index contributed by atoms with van der Waals surface area (Å²) < 4.78 is 19.4. The van der Waals surface area contributed by atoms with E-state index < -0.39 is 23.7 Å². The zero-order chi connectivity index (χ0) is 22.5. The lowest BCUT2D eigenvalue weighted by atomic mass is 10.0. The first-order valence-electron chi connectivity index (χ1n) is 9.70. The molecule has 1 atom stereocenters. The number of aryl methyl sites for hydroxylation is 1. The van der Waals surface area contributed by atoms with E-state index in [0.29, 0.717) is 28.1 Å². The summed E-state index contributed by atoms with van der Waals surface area (Å²) in [5.41, 5.74) is 2.99. The van der Waals surface area contributed by atoms with Crippen LogP contribution in [-0.4, -0.2) is 29.1 Å². The molecule has 6 nitrogen and oxygen atoms in total. The summed E-state index contributed by atoms with van der Waals surface area (Å²) in [6.45, 7) is 3.55. The monoisotopic (exact) mass is 422 g/mol. The molecule has 3 rings (SSSR count). The van der Waals surface area contributed by atoms with Crippen LogP contribution in [0.2, 0.25) is 0 Å². The number of methoxy groups -OCH3 is 1. The van der Waals surface area contributed by atoms with Gasteiger partial charge in [0, 0.05) is 5.56 Å². The van der Waals surface area contributed by atoms with Crippen molar-refractivity contribution in [3.05, 3.63) is 82.8 Å². The Bertz CT molecular complexity index is 1110. The third kappa shape index (κ3) is 5.06. The number of hydrogen-bond acceptors (Lipinski definition) is 4. The molecule has 160 valence electrons. The molecule has 1 heterocycles. The van der Waals surface area contributed by atoms with E-state index >= 15 is 0 Å². The van der Waals surface area contributed by atoms with Crippen molar-refractivity contribution in [2.75, 3.05) is 7.11 Å². The zero-order valence-electron chi connectivity index (χ0n) is 17.5. The first-order valence-corrected chi connectivity index (χ1v) is 9.70. The summed E-state index contributed by atoms with van der Waals surface area (Å²) in [6, 6.07) is 14.2. The van der Waals surface area contributed by atoms with Crippen molar-refractivity contribution < 1.29 is 23.8 Å². The largest absolute Gasteiger partial charge is 0.494 e. The quantitative estimate of drug-likeness (QED) is 0.587. The van der Waals surface area contributed by atoms with Gasteiger partial charge in [-0.25, -0.2) is 9.37 Å². The third-order valence-corrected chi connectivity index (χ3v) is 5.00. The van der Waals surface area contributed by atoms with E-state index in [1.807, 2.05) is 19.1 Å². The zero-order valence-corrected chi connectivity index (χ0v) is 17.5. The Morgan fingerprint density at radius 2 is 1.81 bits per heavy atom. The topological polar surface area (TPSA) is 88.5 Å². The van der Waals surface area contributed by atoms with Crippen molar-refractivity contribution in [2.45, 2.75) is 26.3 Å². The number of aliphatic carboxylic acids is 1. The maximum Gasteiger partial charge on any atom is 0.305 e. The molecule has 0 radical (unpaired) electrons. The summed E-state index contributed by atoms with van der Waals surface area (Å²) in [5.74, 6) is -1.57. The number of pyridine rings is 1. The van der Waals surface area contributed by atoms with Gasteiger partial charge in [0.1, 0.15) is 23.0 Å². The molecule has 0 saturated heterocycles. The lowest BCUT2D eigenvalue weighted by Crippen LogP contribution is -2.31. The average Bonchev–Trinajstić information content (AvgIpc) is 2.75. The van der Waals surface area contributed by atoms with E-state index in [9.17, 15) is 19.1 Å². The van der Waals surface area contributed by atoms with Gasteiger partial charge in [-0.05, 0) is 43.2 Å². The van der Waals surface area contributed by atoms with Crippen LogP contribution in [0, 0.1) is 19.7 Å². The number of amides is 1. The van der Waals surface area contributed by atoms with Crippen LogP contribution in [0.4, 0.5) is 4.39 Å². The number of aromatic nitrogens is 1. The molecule has 0 aliphatic heterocycles. The maximum absolute atomic E-state index is 14.1. The third-order valence-electron chi connectivity index (χ3n) is 5.00. The molecular weight excluding hydrogens is 399 g/mol. The summed E-state index contributed by atoms with van der Waals surface area (Å²) in [4.78, 5) is 28.7. The molecule has 2 N–H and O–H groups in total. The number of hydrogen-bond donors (Lipinski definition) is 2. The molecule has 0 saturated carbocycles. The van der Waals surface area contributed by atoms with Crippen LogP contribution in [0.1, 0.15) is 39.6 Å². The highest BCUT2D eigenvalue weighted by Crippen LogP contribution is 2.31. The van der Waals surface area contributed by atoms with E-state index in [1.54, 1.807) is 37.3 Å². The molecule has 1 aromatic heterocycles. The van der Waals surface area contributed by atoms with E-state index in [-0.39, 0.29) is 12.1 Å². The number of nitrogens with zero attached hydrogens (tertiary/aromatic N) is 1. The number of nitrogens with one attached hydrogen (secondary N) is 1. The Kier molecular flexibility index (Phi) is 6.65. The number of rotatable bonds is 7. The van der Waals surface area contributed by atoms with Gasteiger partial charge in [0.2, 0.25) is 0 Å². The highest BCUT2D eigenvalue weighted by atomic mass is 19.1. The van der Waals surface area contributed by atoms with Crippen molar-refractivity contribution in [2.24, 2.45) is 0 Å². The van der Waals surface area contributed by atoms with Gasteiger partial charge in [-0.1, -0.05) is 42.0 Å². The Hall–Kier alpha value is -3.74. The van der Waals surface area contributed by atoms with Crippen LogP contribution in [-0.2, 0) is 4.79 Å². The Morgan fingerprint density at radius 1 is 1.10 bits per heavy atom. The smallest absolute Gasteiger partial charge is 0.305 e. The molecule has 1 amide bonds. The van der Waals surface area contributed by atoms with Crippen molar-refractivity contribution in [1.29, 1.82) is 0 Å². The van der Waals surface area contributed by atoms with Crippen molar-refractivity contribution in [3.63, 3.8) is 0 Å². The molecule has 31 heavy (non-hydrogen) atoms. The van der Waals surface area contributed by atoms with E-state index in [2.05, 4.69) is 10.3 Å². The van der Waals surface area contributed by atoms with Gasteiger partial charge in [-0.15, -0.1) is 0 Å². The second-order valence-corrected chi connectivity index (χ2v) is 7.19. The molecule has 2 aromatic carbocycles. The highest BCUT2D eigenvalue weighted by Gasteiger charge is 2.21. The second-order valence-electron chi connectivity index (χ2n) is 7.19. The van der Waals surface area contributed by atoms with E-state index in [1.165, 1.54) is 19.2 Å². The Labute approximate surface area is 179 Å². The fraction of sp³-hybridized carbons (Fsp3) is 0.208. The van der Waals surface area contributed by atoms with Gasteiger partial charge in [-0.2, -0.15) is 0 Å². The maximum atomic E-state index is 14.1. The van der Waals surface area contributed by atoms with Crippen molar-refractivity contribution in [3.8, 4) is 17.0 Å². The van der Waals surface area contributed by atoms with Crippen LogP contribution in [0.25, 0.3) is 11.3 Å². The van der Waals surface area contributed by atoms with Gasteiger partial charge in [0.25, 0.3) is 5.91 Å².